The number of carbonyl (C=O) groups excluding carboxylic acids is 1. The molecule has 0 saturated heterocycles. The van der Waals surface area contributed by atoms with E-state index in [4.69, 9.17) is 0 Å². The van der Waals surface area contributed by atoms with Crippen molar-refractivity contribution in [1.29, 1.82) is 0 Å². The van der Waals surface area contributed by atoms with Gasteiger partial charge in [-0.15, -0.1) is 0 Å². The van der Waals surface area contributed by atoms with Crippen molar-refractivity contribution in [3.8, 4) is 0 Å². The van der Waals surface area contributed by atoms with Crippen LogP contribution in [0.3, 0.4) is 0 Å². The highest BCUT2D eigenvalue weighted by atomic mass is 19.4. The fourth-order valence-electron chi connectivity index (χ4n) is 1.90. The molecule has 0 radical (unpaired) electrons. The summed E-state index contributed by atoms with van der Waals surface area (Å²) in [5, 5.41) is 9.19. The third-order valence-corrected chi connectivity index (χ3v) is 2.84. The number of benzene rings is 1. The normalized spacial score (nSPS) is 12.8. The summed E-state index contributed by atoms with van der Waals surface area (Å²) in [5.41, 5.74) is -0.737. The molecule has 7 heteroatoms. The van der Waals surface area contributed by atoms with E-state index in [0.717, 1.165) is 29.2 Å². The van der Waals surface area contributed by atoms with Crippen LogP contribution in [0.25, 0.3) is 0 Å². The number of carbonyl (C=O) groups is 2. The first-order valence-corrected chi connectivity index (χ1v) is 5.85. The number of hydrogen-bond donors (Lipinski definition) is 1. The lowest BCUT2D eigenvalue weighted by Gasteiger charge is -2.27. The number of rotatable bonds is 4. The van der Waals surface area contributed by atoms with E-state index in [1.165, 1.54) is 6.92 Å². The van der Waals surface area contributed by atoms with Gasteiger partial charge in [-0.25, -0.2) is 4.79 Å². The molecule has 0 aliphatic carbocycles. The lowest BCUT2D eigenvalue weighted by molar-refractivity contribution is -0.149. The Morgan fingerprint density at radius 1 is 1.25 bits per heavy atom. The maximum atomic E-state index is 12.5. The summed E-state index contributed by atoms with van der Waals surface area (Å²) in [7, 11) is 0. The smallest absolute Gasteiger partial charge is 0.416 e. The SMILES string of the molecule is CCN(C(C)=O)C(C(=O)O)c1ccc(C(F)(F)F)cc1. The molecular formula is C13H14F3NO3. The lowest BCUT2D eigenvalue weighted by atomic mass is 10.0. The van der Waals surface area contributed by atoms with Gasteiger partial charge in [-0.2, -0.15) is 13.2 Å². The van der Waals surface area contributed by atoms with Crippen LogP contribution in [0.5, 0.6) is 0 Å². The Labute approximate surface area is 113 Å². The number of hydrogen-bond acceptors (Lipinski definition) is 2. The Morgan fingerprint density at radius 2 is 1.75 bits per heavy atom. The van der Waals surface area contributed by atoms with Crippen LogP contribution >= 0.6 is 0 Å². The van der Waals surface area contributed by atoms with Gasteiger partial charge in [0.05, 0.1) is 5.56 Å². The van der Waals surface area contributed by atoms with Crippen molar-refractivity contribution < 1.29 is 27.9 Å². The van der Waals surface area contributed by atoms with Crippen molar-refractivity contribution in [3.05, 3.63) is 35.4 Å². The number of carboxylic acid groups (broad SMARTS) is 1. The number of amides is 1. The molecule has 0 aliphatic rings. The van der Waals surface area contributed by atoms with E-state index in [2.05, 4.69) is 0 Å². The molecule has 0 heterocycles. The van der Waals surface area contributed by atoms with Gasteiger partial charge in [-0.1, -0.05) is 12.1 Å². The van der Waals surface area contributed by atoms with Crippen LogP contribution in [0, 0.1) is 0 Å². The molecular weight excluding hydrogens is 275 g/mol. The largest absolute Gasteiger partial charge is 0.479 e. The maximum Gasteiger partial charge on any atom is 0.416 e. The Hall–Kier alpha value is -2.05. The van der Waals surface area contributed by atoms with E-state index in [1.807, 2.05) is 0 Å². The van der Waals surface area contributed by atoms with Crippen LogP contribution in [0.15, 0.2) is 24.3 Å². The highest BCUT2D eigenvalue weighted by Crippen LogP contribution is 2.31. The van der Waals surface area contributed by atoms with Crippen molar-refractivity contribution in [2.75, 3.05) is 6.54 Å². The van der Waals surface area contributed by atoms with Gasteiger partial charge in [0, 0.05) is 13.5 Å². The number of carboxylic acids is 1. The first kappa shape index (κ1) is 16.0. The quantitative estimate of drug-likeness (QED) is 0.927. The molecule has 1 N–H and O–H groups in total. The number of aliphatic carboxylic acids is 1. The molecule has 0 spiro atoms. The van der Waals surface area contributed by atoms with Gasteiger partial charge in [0.25, 0.3) is 0 Å². The summed E-state index contributed by atoms with van der Waals surface area (Å²) in [6.45, 7) is 2.96. The minimum Gasteiger partial charge on any atom is -0.479 e. The molecule has 0 fully saturated rings. The molecule has 1 aromatic rings. The van der Waals surface area contributed by atoms with E-state index in [1.54, 1.807) is 6.92 Å². The summed E-state index contributed by atoms with van der Waals surface area (Å²) >= 11 is 0. The van der Waals surface area contributed by atoms with Gasteiger partial charge in [0.2, 0.25) is 5.91 Å². The summed E-state index contributed by atoms with van der Waals surface area (Å²) in [6, 6.07) is 2.47. The second-order valence-electron chi connectivity index (χ2n) is 4.17. The van der Waals surface area contributed by atoms with Crippen LogP contribution < -0.4 is 0 Å². The molecule has 1 unspecified atom stereocenters. The van der Waals surface area contributed by atoms with Crippen LogP contribution in [0.1, 0.15) is 31.0 Å². The number of likely N-dealkylation sites (N-methyl/N-ethyl adjacent to an activating group) is 1. The molecule has 1 aromatic carbocycles. The zero-order valence-electron chi connectivity index (χ0n) is 10.9. The zero-order valence-corrected chi connectivity index (χ0v) is 10.9. The Kier molecular flexibility index (Phi) is 4.75. The molecule has 0 saturated carbocycles. The lowest BCUT2D eigenvalue weighted by Crippen LogP contribution is -2.37. The monoisotopic (exact) mass is 289 g/mol. The molecule has 4 nitrogen and oxygen atoms in total. The predicted molar refractivity (Wildman–Crippen MR) is 64.9 cm³/mol. The van der Waals surface area contributed by atoms with Crippen molar-refractivity contribution in [2.24, 2.45) is 0 Å². The Balaban J connectivity index is 3.17. The average Bonchev–Trinajstić information content (AvgIpc) is 2.33. The first-order chi connectivity index (χ1) is 9.18. The van der Waals surface area contributed by atoms with Crippen molar-refractivity contribution >= 4 is 11.9 Å². The second-order valence-corrected chi connectivity index (χ2v) is 4.17. The van der Waals surface area contributed by atoms with Gasteiger partial charge in [0.15, 0.2) is 6.04 Å². The number of nitrogens with zero attached hydrogens (tertiary/aromatic N) is 1. The average molecular weight is 289 g/mol. The summed E-state index contributed by atoms with van der Waals surface area (Å²) in [4.78, 5) is 23.7. The fraction of sp³-hybridized carbons (Fsp3) is 0.385. The van der Waals surface area contributed by atoms with Crippen molar-refractivity contribution in [3.63, 3.8) is 0 Å². The first-order valence-electron chi connectivity index (χ1n) is 5.85. The summed E-state index contributed by atoms with van der Waals surface area (Å²) < 4.78 is 37.4. The van der Waals surface area contributed by atoms with Gasteiger partial charge in [0.1, 0.15) is 0 Å². The molecule has 110 valence electrons. The predicted octanol–water partition coefficient (Wildman–Crippen LogP) is 2.70. The zero-order chi connectivity index (χ0) is 15.5. The maximum absolute atomic E-state index is 12.5. The standard InChI is InChI=1S/C13H14F3NO3/c1-3-17(8(2)18)11(12(19)20)9-4-6-10(7-5-9)13(14,15)16/h4-7,11H,3H2,1-2H3,(H,19,20). The minimum absolute atomic E-state index is 0.127. The molecule has 0 aromatic heterocycles. The van der Waals surface area contributed by atoms with Gasteiger partial charge in [-0.05, 0) is 24.6 Å². The minimum atomic E-state index is -4.48. The Bertz CT molecular complexity index is 497. The van der Waals surface area contributed by atoms with Gasteiger partial charge < -0.3 is 10.0 Å². The van der Waals surface area contributed by atoms with Crippen molar-refractivity contribution in [1.82, 2.24) is 4.90 Å². The summed E-state index contributed by atoms with van der Waals surface area (Å²) in [5.74, 6) is -1.75. The highest BCUT2D eigenvalue weighted by Gasteiger charge is 2.32. The topological polar surface area (TPSA) is 57.6 Å². The molecule has 0 bridgehead atoms. The number of alkyl halides is 3. The number of halogens is 3. The van der Waals surface area contributed by atoms with E-state index < -0.39 is 29.7 Å². The van der Waals surface area contributed by atoms with E-state index in [-0.39, 0.29) is 12.1 Å². The van der Waals surface area contributed by atoms with Gasteiger partial charge in [-0.3, -0.25) is 4.79 Å². The van der Waals surface area contributed by atoms with E-state index >= 15 is 0 Å². The van der Waals surface area contributed by atoms with E-state index in [0.29, 0.717) is 0 Å². The van der Waals surface area contributed by atoms with Crippen LogP contribution in [-0.2, 0) is 15.8 Å². The van der Waals surface area contributed by atoms with Crippen LogP contribution in [-0.4, -0.2) is 28.4 Å². The molecule has 0 aliphatic heterocycles. The van der Waals surface area contributed by atoms with E-state index in [9.17, 15) is 27.9 Å². The molecule has 1 amide bonds. The third kappa shape index (κ3) is 3.49. The Morgan fingerprint density at radius 3 is 2.05 bits per heavy atom. The fourth-order valence-corrected chi connectivity index (χ4v) is 1.90. The second kappa shape index (κ2) is 5.94. The third-order valence-electron chi connectivity index (χ3n) is 2.84. The highest BCUT2D eigenvalue weighted by molar-refractivity contribution is 5.83. The van der Waals surface area contributed by atoms with Gasteiger partial charge >= 0.3 is 12.1 Å². The van der Waals surface area contributed by atoms with Crippen molar-refractivity contribution in [2.45, 2.75) is 26.1 Å². The molecule has 20 heavy (non-hydrogen) atoms. The van der Waals surface area contributed by atoms with Crippen LogP contribution in [0.2, 0.25) is 0 Å². The molecule has 1 atom stereocenters. The van der Waals surface area contributed by atoms with Crippen LogP contribution in [0.4, 0.5) is 13.2 Å². The summed E-state index contributed by atoms with van der Waals surface area (Å²) in [6.07, 6.45) is -4.48. The molecule has 1 rings (SSSR count).